The fourth-order valence-electron chi connectivity index (χ4n) is 1.08. The van der Waals surface area contributed by atoms with Crippen molar-refractivity contribution in [3.63, 3.8) is 0 Å². The number of ether oxygens (including phenoxy) is 1. The minimum absolute atomic E-state index is 0.00176. The van der Waals surface area contributed by atoms with Gasteiger partial charge in [-0.05, 0) is 0 Å². The predicted molar refractivity (Wildman–Crippen MR) is 48.9 cm³/mol. The van der Waals surface area contributed by atoms with Gasteiger partial charge in [0.05, 0.1) is 26.2 Å². The average Bonchev–Trinajstić information content (AvgIpc) is 2.58. The molecular formula is C8H12N2O5. The van der Waals surface area contributed by atoms with E-state index in [4.69, 9.17) is 10.2 Å². The number of carbonyl (C=O) groups excluding carboxylic acids is 2. The summed E-state index contributed by atoms with van der Waals surface area (Å²) in [6, 6.07) is 0. The minimum Gasteiger partial charge on any atom is -0.459 e. The number of carbonyl (C=O) groups is 2. The second-order valence-corrected chi connectivity index (χ2v) is 2.82. The number of aliphatic hydroxyl groups is 2. The summed E-state index contributed by atoms with van der Waals surface area (Å²) in [5.74, 6) is -1.06. The van der Waals surface area contributed by atoms with Gasteiger partial charge in [0.25, 0.3) is 0 Å². The third-order valence-electron chi connectivity index (χ3n) is 1.72. The predicted octanol–water partition coefficient (Wildman–Crippen LogP) is -1.90. The standard InChI is InChI=1S/C8H12N2O5/c11-2-1-10-7(13)5-6(9-10)8(14)15-4-3-12/h11-12H,1-5H2. The molecule has 0 aromatic rings. The van der Waals surface area contributed by atoms with E-state index in [1.54, 1.807) is 0 Å². The molecule has 0 atom stereocenters. The first kappa shape index (κ1) is 11.6. The van der Waals surface area contributed by atoms with Crippen molar-refractivity contribution >= 4 is 17.6 Å². The van der Waals surface area contributed by atoms with Crippen LogP contribution in [0, 0.1) is 0 Å². The van der Waals surface area contributed by atoms with Gasteiger partial charge >= 0.3 is 5.97 Å². The number of amides is 1. The van der Waals surface area contributed by atoms with E-state index in [1.165, 1.54) is 0 Å². The number of nitrogens with zero attached hydrogens (tertiary/aromatic N) is 2. The molecular weight excluding hydrogens is 204 g/mol. The first-order valence-corrected chi connectivity index (χ1v) is 4.45. The van der Waals surface area contributed by atoms with Crippen molar-refractivity contribution in [1.29, 1.82) is 0 Å². The SMILES string of the molecule is O=C(OCCO)C1=NN(CCO)C(=O)C1. The van der Waals surface area contributed by atoms with Gasteiger partial charge in [0.1, 0.15) is 6.61 Å². The van der Waals surface area contributed by atoms with Crippen LogP contribution in [0.4, 0.5) is 0 Å². The monoisotopic (exact) mass is 216 g/mol. The van der Waals surface area contributed by atoms with Crippen molar-refractivity contribution in [2.45, 2.75) is 6.42 Å². The van der Waals surface area contributed by atoms with Gasteiger partial charge in [-0.2, -0.15) is 5.10 Å². The van der Waals surface area contributed by atoms with E-state index in [0.29, 0.717) is 0 Å². The van der Waals surface area contributed by atoms with Crippen molar-refractivity contribution in [3.8, 4) is 0 Å². The third kappa shape index (κ3) is 3.00. The van der Waals surface area contributed by atoms with Crippen LogP contribution in [0.1, 0.15) is 6.42 Å². The first-order chi connectivity index (χ1) is 7.19. The Morgan fingerprint density at radius 1 is 1.47 bits per heavy atom. The van der Waals surface area contributed by atoms with Crippen LogP contribution in [-0.2, 0) is 14.3 Å². The molecule has 84 valence electrons. The van der Waals surface area contributed by atoms with Crippen molar-refractivity contribution in [2.24, 2.45) is 5.10 Å². The number of aliphatic hydroxyl groups excluding tert-OH is 2. The summed E-state index contributed by atoms with van der Waals surface area (Å²) in [6.45, 7) is -0.539. The lowest BCUT2D eigenvalue weighted by Gasteiger charge is -2.07. The maximum atomic E-state index is 11.2. The Bertz CT molecular complexity index is 289. The second-order valence-electron chi connectivity index (χ2n) is 2.82. The summed E-state index contributed by atoms with van der Waals surface area (Å²) < 4.78 is 4.59. The van der Waals surface area contributed by atoms with Crippen molar-refractivity contribution in [3.05, 3.63) is 0 Å². The number of hydrogen-bond acceptors (Lipinski definition) is 6. The molecule has 2 N–H and O–H groups in total. The van der Waals surface area contributed by atoms with Crippen molar-refractivity contribution in [1.82, 2.24) is 5.01 Å². The zero-order chi connectivity index (χ0) is 11.3. The Morgan fingerprint density at radius 2 is 2.20 bits per heavy atom. The van der Waals surface area contributed by atoms with Gasteiger partial charge in [-0.15, -0.1) is 0 Å². The minimum atomic E-state index is -0.710. The highest BCUT2D eigenvalue weighted by Gasteiger charge is 2.28. The Kier molecular flexibility index (Phi) is 4.19. The third-order valence-corrected chi connectivity index (χ3v) is 1.72. The quantitative estimate of drug-likeness (QED) is 0.523. The van der Waals surface area contributed by atoms with Crippen LogP contribution in [-0.4, -0.2) is 59.2 Å². The van der Waals surface area contributed by atoms with Gasteiger partial charge in [-0.3, -0.25) is 4.79 Å². The maximum Gasteiger partial charge on any atom is 0.355 e. The van der Waals surface area contributed by atoms with Gasteiger partial charge in [0, 0.05) is 0 Å². The van der Waals surface area contributed by atoms with Gasteiger partial charge in [0.15, 0.2) is 5.71 Å². The molecule has 1 heterocycles. The van der Waals surface area contributed by atoms with E-state index in [1.807, 2.05) is 0 Å². The molecule has 7 nitrogen and oxygen atoms in total. The normalized spacial score (nSPS) is 15.5. The summed E-state index contributed by atoms with van der Waals surface area (Å²) in [7, 11) is 0. The molecule has 1 amide bonds. The fraction of sp³-hybridized carbons (Fsp3) is 0.625. The summed E-state index contributed by atoms with van der Waals surface area (Å²) in [6.07, 6.45) is -0.121. The van der Waals surface area contributed by atoms with Crippen LogP contribution in [0.15, 0.2) is 5.10 Å². The van der Waals surface area contributed by atoms with E-state index in [-0.39, 0.29) is 44.4 Å². The van der Waals surface area contributed by atoms with Gasteiger partial charge in [0.2, 0.25) is 5.91 Å². The summed E-state index contributed by atoms with van der Waals surface area (Å²) in [5.41, 5.74) is 0.00176. The highest BCUT2D eigenvalue weighted by atomic mass is 16.5. The van der Waals surface area contributed by atoms with Crippen LogP contribution in [0.5, 0.6) is 0 Å². The number of β-amino-alcohol motifs (C(OH)–C–C–N with tert-alkyl or cyclic N) is 1. The van der Waals surface area contributed by atoms with Crippen LogP contribution in [0.25, 0.3) is 0 Å². The largest absolute Gasteiger partial charge is 0.459 e. The van der Waals surface area contributed by atoms with Crippen molar-refractivity contribution in [2.75, 3.05) is 26.4 Å². The molecule has 0 bridgehead atoms. The number of esters is 1. The van der Waals surface area contributed by atoms with Crippen LogP contribution in [0.2, 0.25) is 0 Å². The van der Waals surface area contributed by atoms with E-state index >= 15 is 0 Å². The molecule has 0 saturated heterocycles. The van der Waals surface area contributed by atoms with E-state index in [2.05, 4.69) is 9.84 Å². The average molecular weight is 216 g/mol. The van der Waals surface area contributed by atoms with Gasteiger partial charge in [-0.25, -0.2) is 9.80 Å². The highest BCUT2D eigenvalue weighted by Crippen LogP contribution is 2.08. The lowest BCUT2D eigenvalue weighted by atomic mass is 10.3. The van der Waals surface area contributed by atoms with Crippen LogP contribution >= 0.6 is 0 Å². The second kappa shape index (κ2) is 5.42. The molecule has 7 heteroatoms. The smallest absolute Gasteiger partial charge is 0.355 e. The Morgan fingerprint density at radius 3 is 2.80 bits per heavy atom. The molecule has 0 fully saturated rings. The topological polar surface area (TPSA) is 99.4 Å². The maximum absolute atomic E-state index is 11.2. The lowest BCUT2D eigenvalue weighted by molar-refractivity contribution is -0.137. The first-order valence-electron chi connectivity index (χ1n) is 4.45. The fourth-order valence-corrected chi connectivity index (χ4v) is 1.08. The highest BCUT2D eigenvalue weighted by molar-refractivity contribution is 6.41. The molecule has 1 rings (SSSR count). The number of hydrazone groups is 1. The van der Waals surface area contributed by atoms with Gasteiger partial charge in [-0.1, -0.05) is 0 Å². The molecule has 0 saturated carbocycles. The molecule has 15 heavy (non-hydrogen) atoms. The molecule has 0 unspecified atom stereocenters. The molecule has 1 aliphatic rings. The van der Waals surface area contributed by atoms with E-state index in [9.17, 15) is 9.59 Å². The number of hydrogen-bond donors (Lipinski definition) is 2. The lowest BCUT2D eigenvalue weighted by Crippen LogP contribution is -2.23. The molecule has 0 aromatic heterocycles. The molecule has 0 radical (unpaired) electrons. The zero-order valence-corrected chi connectivity index (χ0v) is 8.05. The Balaban J connectivity index is 2.53. The van der Waals surface area contributed by atoms with Crippen molar-refractivity contribution < 1.29 is 24.5 Å². The molecule has 1 aliphatic heterocycles. The molecule has 0 spiro atoms. The zero-order valence-electron chi connectivity index (χ0n) is 8.05. The summed E-state index contributed by atoms with van der Waals surface area (Å²) in [5, 5.41) is 21.7. The Labute approximate surface area is 85.9 Å². The van der Waals surface area contributed by atoms with Crippen LogP contribution < -0.4 is 0 Å². The molecule has 0 aliphatic carbocycles. The van der Waals surface area contributed by atoms with E-state index in [0.717, 1.165) is 5.01 Å². The Hall–Kier alpha value is -1.47. The van der Waals surface area contributed by atoms with E-state index < -0.39 is 5.97 Å². The summed E-state index contributed by atoms with van der Waals surface area (Å²) >= 11 is 0. The molecule has 0 aromatic carbocycles. The van der Waals surface area contributed by atoms with Crippen LogP contribution in [0.3, 0.4) is 0 Å². The summed E-state index contributed by atoms with van der Waals surface area (Å²) in [4.78, 5) is 22.4. The number of rotatable bonds is 5. The van der Waals surface area contributed by atoms with Gasteiger partial charge < -0.3 is 14.9 Å².